The van der Waals surface area contributed by atoms with Gasteiger partial charge in [0.1, 0.15) is 11.3 Å². The largest absolute Gasteiger partial charge is 0.494 e. The molecule has 1 fully saturated rings. The molecule has 0 spiro atoms. The fourth-order valence-corrected chi connectivity index (χ4v) is 3.39. The number of imide groups is 2. The maximum absolute atomic E-state index is 13.1. The van der Waals surface area contributed by atoms with Gasteiger partial charge in [-0.3, -0.25) is 14.9 Å². The Kier molecular flexibility index (Phi) is 5.60. The van der Waals surface area contributed by atoms with Crippen LogP contribution in [0.3, 0.4) is 0 Å². The lowest BCUT2D eigenvalue weighted by Crippen LogP contribution is -2.54. The van der Waals surface area contributed by atoms with Crippen LogP contribution in [-0.4, -0.2) is 29.0 Å². The van der Waals surface area contributed by atoms with E-state index in [0.717, 1.165) is 10.6 Å². The molecule has 0 atom stereocenters. The molecule has 2 aromatic carbocycles. The Bertz CT molecular complexity index is 1200. The summed E-state index contributed by atoms with van der Waals surface area (Å²) in [5, 5.41) is 2.83. The molecular formula is C23H18ClN3O4. The first kappa shape index (κ1) is 20.4. The van der Waals surface area contributed by atoms with Crippen molar-refractivity contribution in [1.82, 2.24) is 9.88 Å². The van der Waals surface area contributed by atoms with Crippen molar-refractivity contribution in [3.05, 3.63) is 83.2 Å². The highest BCUT2D eigenvalue weighted by molar-refractivity contribution is 6.39. The van der Waals surface area contributed by atoms with E-state index in [0.29, 0.717) is 28.8 Å². The summed E-state index contributed by atoms with van der Waals surface area (Å²) in [5.74, 6) is -0.957. The Labute approximate surface area is 183 Å². The zero-order chi connectivity index (χ0) is 22.0. The lowest BCUT2D eigenvalue weighted by molar-refractivity contribution is -0.122. The second-order valence-electron chi connectivity index (χ2n) is 6.67. The molecule has 0 saturated carbocycles. The number of anilines is 1. The lowest BCUT2D eigenvalue weighted by atomic mass is 10.1. The van der Waals surface area contributed by atoms with Crippen molar-refractivity contribution in [3.8, 4) is 11.4 Å². The van der Waals surface area contributed by atoms with Gasteiger partial charge < -0.3 is 9.30 Å². The van der Waals surface area contributed by atoms with Gasteiger partial charge in [0.2, 0.25) is 0 Å². The van der Waals surface area contributed by atoms with Crippen LogP contribution in [0.15, 0.2) is 72.4 Å². The number of amides is 4. The molecule has 1 N–H and O–H groups in total. The normalized spacial score (nSPS) is 15.4. The number of rotatable bonds is 5. The fourth-order valence-electron chi connectivity index (χ4n) is 3.27. The van der Waals surface area contributed by atoms with Crippen molar-refractivity contribution in [2.24, 2.45) is 0 Å². The third-order valence-electron chi connectivity index (χ3n) is 4.67. The molecule has 0 bridgehead atoms. The standard InChI is InChI=1S/C23H18ClN3O4/c1-2-31-19-7-3-5-18(13-19)27-22(29)20(21(28)25-23(27)30)14-17-6-4-12-26(17)16-10-8-15(24)9-11-16/h3-14H,2H2,1H3,(H,25,28,30). The van der Waals surface area contributed by atoms with E-state index >= 15 is 0 Å². The molecule has 156 valence electrons. The van der Waals surface area contributed by atoms with Gasteiger partial charge in [0, 0.05) is 28.7 Å². The van der Waals surface area contributed by atoms with E-state index in [1.54, 1.807) is 59.3 Å². The molecule has 1 aromatic heterocycles. The van der Waals surface area contributed by atoms with E-state index in [9.17, 15) is 14.4 Å². The first-order valence-corrected chi connectivity index (χ1v) is 9.93. The predicted molar refractivity (Wildman–Crippen MR) is 117 cm³/mol. The highest BCUT2D eigenvalue weighted by atomic mass is 35.5. The van der Waals surface area contributed by atoms with E-state index in [1.807, 2.05) is 19.1 Å². The van der Waals surface area contributed by atoms with Crippen LogP contribution in [0.1, 0.15) is 12.6 Å². The summed E-state index contributed by atoms with van der Waals surface area (Å²) in [5.41, 5.74) is 1.55. The molecule has 7 nitrogen and oxygen atoms in total. The number of aromatic nitrogens is 1. The highest BCUT2D eigenvalue weighted by Crippen LogP contribution is 2.26. The smallest absolute Gasteiger partial charge is 0.335 e. The van der Waals surface area contributed by atoms with Gasteiger partial charge in [-0.1, -0.05) is 17.7 Å². The number of nitrogens with one attached hydrogen (secondary N) is 1. The second-order valence-corrected chi connectivity index (χ2v) is 7.10. The van der Waals surface area contributed by atoms with Crippen LogP contribution in [0.5, 0.6) is 5.75 Å². The summed E-state index contributed by atoms with van der Waals surface area (Å²) in [6.07, 6.45) is 3.26. The van der Waals surface area contributed by atoms with E-state index in [1.165, 1.54) is 6.08 Å². The summed E-state index contributed by atoms with van der Waals surface area (Å²) >= 11 is 5.96. The molecule has 4 amide bonds. The van der Waals surface area contributed by atoms with Crippen LogP contribution < -0.4 is 15.0 Å². The number of carbonyl (C=O) groups excluding carboxylic acids is 3. The minimum Gasteiger partial charge on any atom is -0.494 e. The summed E-state index contributed by atoms with van der Waals surface area (Å²) in [7, 11) is 0. The Morgan fingerprint density at radius 2 is 1.77 bits per heavy atom. The van der Waals surface area contributed by atoms with Crippen LogP contribution in [0, 0.1) is 0 Å². The SMILES string of the molecule is CCOc1cccc(N2C(=O)NC(=O)C(=Cc3cccn3-c3ccc(Cl)cc3)C2=O)c1. The Hall–Kier alpha value is -3.84. The number of carbonyl (C=O) groups is 3. The van der Waals surface area contributed by atoms with Gasteiger partial charge in [0.25, 0.3) is 11.8 Å². The highest BCUT2D eigenvalue weighted by Gasteiger charge is 2.37. The predicted octanol–water partition coefficient (Wildman–Crippen LogP) is 4.20. The molecule has 3 aromatic rings. The number of nitrogens with zero attached hydrogens (tertiary/aromatic N) is 2. The molecule has 0 radical (unpaired) electrons. The van der Waals surface area contributed by atoms with Gasteiger partial charge in [-0.25, -0.2) is 9.69 Å². The molecule has 1 aliphatic heterocycles. The van der Waals surface area contributed by atoms with E-state index in [2.05, 4.69) is 5.32 Å². The third kappa shape index (κ3) is 4.08. The maximum Gasteiger partial charge on any atom is 0.335 e. The minimum atomic E-state index is -0.811. The second kappa shape index (κ2) is 8.49. The summed E-state index contributed by atoms with van der Waals surface area (Å²) in [4.78, 5) is 39.0. The van der Waals surface area contributed by atoms with Gasteiger partial charge in [-0.15, -0.1) is 0 Å². The number of hydrogen-bond acceptors (Lipinski definition) is 4. The van der Waals surface area contributed by atoms with Crippen molar-refractivity contribution in [2.75, 3.05) is 11.5 Å². The number of hydrogen-bond donors (Lipinski definition) is 1. The van der Waals surface area contributed by atoms with Gasteiger partial charge >= 0.3 is 6.03 Å². The fraction of sp³-hybridized carbons (Fsp3) is 0.0870. The first-order chi connectivity index (χ1) is 15.0. The number of urea groups is 1. The van der Waals surface area contributed by atoms with Crippen molar-refractivity contribution in [1.29, 1.82) is 0 Å². The van der Waals surface area contributed by atoms with Crippen molar-refractivity contribution in [3.63, 3.8) is 0 Å². The molecule has 2 heterocycles. The zero-order valence-electron chi connectivity index (χ0n) is 16.5. The number of ether oxygens (including phenoxy) is 1. The Balaban J connectivity index is 1.72. The van der Waals surface area contributed by atoms with Crippen molar-refractivity contribution in [2.45, 2.75) is 6.92 Å². The van der Waals surface area contributed by atoms with Crippen LogP contribution in [0.25, 0.3) is 11.8 Å². The first-order valence-electron chi connectivity index (χ1n) is 9.55. The number of barbiturate groups is 1. The molecule has 1 aliphatic rings. The van der Waals surface area contributed by atoms with Gasteiger partial charge in [-0.05, 0) is 61.5 Å². The molecular weight excluding hydrogens is 418 g/mol. The molecule has 1 saturated heterocycles. The molecule has 4 rings (SSSR count). The van der Waals surface area contributed by atoms with Gasteiger partial charge in [0.05, 0.1) is 12.3 Å². The number of benzene rings is 2. The van der Waals surface area contributed by atoms with Crippen molar-refractivity contribution >= 4 is 41.2 Å². The topological polar surface area (TPSA) is 80.6 Å². The Morgan fingerprint density at radius 1 is 1.00 bits per heavy atom. The molecule has 0 aliphatic carbocycles. The van der Waals surface area contributed by atoms with E-state index in [-0.39, 0.29) is 5.57 Å². The summed E-state index contributed by atoms with van der Waals surface area (Å²) in [6, 6.07) is 16.5. The Morgan fingerprint density at radius 3 is 2.52 bits per heavy atom. The van der Waals surface area contributed by atoms with Crippen LogP contribution >= 0.6 is 11.6 Å². The molecule has 8 heteroatoms. The minimum absolute atomic E-state index is 0.157. The lowest BCUT2D eigenvalue weighted by Gasteiger charge is -2.26. The maximum atomic E-state index is 13.1. The van der Waals surface area contributed by atoms with E-state index in [4.69, 9.17) is 16.3 Å². The summed E-state index contributed by atoms with van der Waals surface area (Å²) < 4.78 is 7.26. The van der Waals surface area contributed by atoms with Crippen LogP contribution in [0.4, 0.5) is 10.5 Å². The number of halogens is 1. The molecule has 31 heavy (non-hydrogen) atoms. The zero-order valence-corrected chi connectivity index (χ0v) is 17.3. The quantitative estimate of drug-likeness (QED) is 0.481. The van der Waals surface area contributed by atoms with Gasteiger partial charge in [0.15, 0.2) is 0 Å². The van der Waals surface area contributed by atoms with Crippen LogP contribution in [-0.2, 0) is 9.59 Å². The van der Waals surface area contributed by atoms with Crippen LogP contribution in [0.2, 0.25) is 5.02 Å². The average molecular weight is 436 g/mol. The average Bonchev–Trinajstić information content (AvgIpc) is 3.20. The summed E-state index contributed by atoms with van der Waals surface area (Å²) in [6.45, 7) is 2.27. The van der Waals surface area contributed by atoms with E-state index < -0.39 is 17.8 Å². The molecule has 0 unspecified atom stereocenters. The van der Waals surface area contributed by atoms with Crippen molar-refractivity contribution < 1.29 is 19.1 Å². The monoisotopic (exact) mass is 435 g/mol. The third-order valence-corrected chi connectivity index (χ3v) is 4.92. The van der Waals surface area contributed by atoms with Gasteiger partial charge in [-0.2, -0.15) is 0 Å².